The van der Waals surface area contributed by atoms with Gasteiger partial charge >= 0.3 is 13.1 Å². The van der Waals surface area contributed by atoms with Crippen LogP contribution in [0.1, 0.15) is 81.3 Å². The monoisotopic (exact) mass is 478 g/mol. The van der Waals surface area contributed by atoms with E-state index in [1.165, 1.54) is 43.8 Å². The summed E-state index contributed by atoms with van der Waals surface area (Å²) in [4.78, 5) is 23.6. The van der Waals surface area contributed by atoms with Crippen LogP contribution in [0.4, 0.5) is 0 Å². The summed E-state index contributed by atoms with van der Waals surface area (Å²) in [5, 5.41) is 9.25. The van der Waals surface area contributed by atoms with Crippen molar-refractivity contribution in [1.82, 2.24) is 0 Å². The third kappa shape index (κ3) is 4.17. The van der Waals surface area contributed by atoms with Crippen molar-refractivity contribution < 1.29 is 28.7 Å². The van der Waals surface area contributed by atoms with Crippen LogP contribution in [0.25, 0.3) is 11.8 Å². The molecule has 0 radical (unpaired) electrons. The molecule has 5 aliphatic rings. The van der Waals surface area contributed by atoms with Crippen LogP contribution >= 0.6 is 0 Å². The van der Waals surface area contributed by atoms with Crippen molar-refractivity contribution >= 4 is 36.7 Å². The highest BCUT2D eigenvalue weighted by Crippen LogP contribution is 2.58. The molecule has 4 saturated carbocycles. The molecule has 0 spiro atoms. The second kappa shape index (κ2) is 8.63. The minimum atomic E-state index is -1.06. The van der Waals surface area contributed by atoms with Crippen molar-refractivity contribution in [3.05, 3.63) is 40.5 Å². The largest absolute Gasteiger partial charge is 0.496 e. The van der Waals surface area contributed by atoms with Gasteiger partial charge in [-0.15, -0.1) is 0 Å². The van der Waals surface area contributed by atoms with E-state index in [1.54, 1.807) is 13.2 Å². The Kier molecular flexibility index (Phi) is 6.00. The molecule has 186 valence electrons. The SMILES string of the molecule is COC(=C1C2CC3CC(C2)CC1C3)c1cc(B2OC(C)(C)C(C)(C)O2)c(/C=C/C(=O)O)cc1C=O. The number of carboxylic acids is 1. The maximum atomic E-state index is 12.3. The van der Waals surface area contributed by atoms with Crippen LogP contribution in [0.5, 0.6) is 0 Å². The van der Waals surface area contributed by atoms with Gasteiger partial charge in [0.05, 0.1) is 18.3 Å². The predicted octanol–water partition coefficient (Wildman–Crippen LogP) is 4.71. The number of ether oxygens (including phenoxy) is 1. The van der Waals surface area contributed by atoms with Crippen molar-refractivity contribution in [3.8, 4) is 0 Å². The molecule has 1 N–H and O–H groups in total. The first-order chi connectivity index (χ1) is 16.5. The van der Waals surface area contributed by atoms with Crippen LogP contribution in [0.2, 0.25) is 0 Å². The molecule has 0 unspecified atom stereocenters. The van der Waals surface area contributed by atoms with Crippen molar-refractivity contribution in [2.75, 3.05) is 7.11 Å². The Morgan fingerprint density at radius 2 is 1.57 bits per heavy atom. The van der Waals surface area contributed by atoms with Gasteiger partial charge in [0.2, 0.25) is 0 Å². The van der Waals surface area contributed by atoms with Gasteiger partial charge in [-0.05, 0) is 112 Å². The third-order valence-corrected chi connectivity index (χ3v) is 9.02. The third-order valence-electron chi connectivity index (χ3n) is 9.02. The van der Waals surface area contributed by atoms with Crippen molar-refractivity contribution in [2.45, 2.75) is 71.0 Å². The lowest BCUT2D eigenvalue weighted by atomic mass is 9.54. The molecule has 35 heavy (non-hydrogen) atoms. The van der Waals surface area contributed by atoms with Gasteiger partial charge in [-0.1, -0.05) is 6.07 Å². The fourth-order valence-electron chi connectivity index (χ4n) is 6.87. The highest BCUT2D eigenvalue weighted by Gasteiger charge is 2.52. The summed E-state index contributed by atoms with van der Waals surface area (Å²) in [6.07, 6.45) is 9.58. The number of carbonyl (C=O) groups excluding carboxylic acids is 1. The molecule has 1 heterocycles. The van der Waals surface area contributed by atoms with Crippen LogP contribution in [-0.2, 0) is 18.8 Å². The first-order valence-corrected chi connectivity index (χ1v) is 12.7. The van der Waals surface area contributed by atoms with Crippen LogP contribution < -0.4 is 5.46 Å². The maximum Gasteiger partial charge on any atom is 0.495 e. The highest BCUT2D eigenvalue weighted by molar-refractivity contribution is 6.63. The first kappa shape index (κ1) is 24.3. The molecule has 0 aromatic heterocycles. The van der Waals surface area contributed by atoms with Crippen LogP contribution in [0.3, 0.4) is 0 Å². The Morgan fingerprint density at radius 3 is 2.06 bits per heavy atom. The second-order valence-corrected chi connectivity index (χ2v) is 11.7. The van der Waals surface area contributed by atoms with E-state index < -0.39 is 24.3 Å². The van der Waals surface area contributed by atoms with E-state index in [0.29, 0.717) is 28.4 Å². The minimum Gasteiger partial charge on any atom is -0.496 e. The molecule has 6 rings (SSSR count). The first-order valence-electron chi connectivity index (χ1n) is 12.7. The van der Waals surface area contributed by atoms with Gasteiger partial charge in [0.25, 0.3) is 0 Å². The van der Waals surface area contributed by atoms with Gasteiger partial charge < -0.3 is 19.2 Å². The average molecular weight is 478 g/mol. The number of rotatable bonds is 6. The highest BCUT2D eigenvalue weighted by atomic mass is 16.7. The molecule has 4 bridgehead atoms. The van der Waals surface area contributed by atoms with Gasteiger partial charge in [-0.25, -0.2) is 4.79 Å². The van der Waals surface area contributed by atoms with Gasteiger partial charge in [0, 0.05) is 17.2 Å². The van der Waals surface area contributed by atoms with E-state index in [0.717, 1.165) is 35.5 Å². The summed E-state index contributed by atoms with van der Waals surface area (Å²) in [5.74, 6) is 2.38. The van der Waals surface area contributed by atoms with Crippen LogP contribution in [0.15, 0.2) is 23.8 Å². The van der Waals surface area contributed by atoms with Crippen molar-refractivity contribution in [1.29, 1.82) is 0 Å². The van der Waals surface area contributed by atoms with Gasteiger partial charge in [0.1, 0.15) is 5.76 Å². The van der Waals surface area contributed by atoms with Gasteiger partial charge in [0.15, 0.2) is 6.29 Å². The summed E-state index contributed by atoms with van der Waals surface area (Å²) in [7, 11) is 0.990. The van der Waals surface area contributed by atoms with E-state index >= 15 is 0 Å². The number of hydrogen-bond acceptors (Lipinski definition) is 5. The Bertz CT molecular complexity index is 1070. The number of carboxylic acid groups (broad SMARTS) is 1. The molecule has 6 nitrogen and oxygen atoms in total. The quantitative estimate of drug-likeness (QED) is 0.276. The number of carbonyl (C=O) groups is 2. The number of benzene rings is 1. The predicted molar refractivity (Wildman–Crippen MR) is 135 cm³/mol. The molecule has 1 aromatic carbocycles. The van der Waals surface area contributed by atoms with E-state index in [9.17, 15) is 14.7 Å². The molecule has 4 aliphatic carbocycles. The number of methoxy groups -OCH3 is 1. The van der Waals surface area contributed by atoms with E-state index in [4.69, 9.17) is 14.0 Å². The molecule has 1 aromatic rings. The van der Waals surface area contributed by atoms with Crippen LogP contribution in [0, 0.1) is 23.7 Å². The fraction of sp³-hybridized carbons (Fsp3) is 0.571. The average Bonchev–Trinajstić information content (AvgIpc) is 3.00. The zero-order valence-corrected chi connectivity index (χ0v) is 21.3. The fourth-order valence-corrected chi connectivity index (χ4v) is 6.87. The normalized spacial score (nSPS) is 30.2. The van der Waals surface area contributed by atoms with E-state index in [1.807, 2.05) is 33.8 Å². The summed E-state index contributed by atoms with van der Waals surface area (Å²) in [6.45, 7) is 7.93. The lowest BCUT2D eigenvalue weighted by Crippen LogP contribution is -2.41. The van der Waals surface area contributed by atoms with E-state index in [2.05, 4.69) is 0 Å². The Balaban J connectivity index is 1.66. The molecule has 0 amide bonds. The van der Waals surface area contributed by atoms with E-state index in [-0.39, 0.29) is 0 Å². The second-order valence-electron chi connectivity index (χ2n) is 11.7. The molecule has 0 atom stereocenters. The molecule has 5 fully saturated rings. The lowest BCUT2D eigenvalue weighted by Gasteiger charge is -2.51. The van der Waals surface area contributed by atoms with Crippen LogP contribution in [-0.4, -0.2) is 42.8 Å². The topological polar surface area (TPSA) is 82.1 Å². The summed E-state index contributed by atoms with van der Waals surface area (Å²) >= 11 is 0. The lowest BCUT2D eigenvalue weighted by molar-refractivity contribution is -0.131. The Morgan fingerprint density at radius 1 is 1.00 bits per heavy atom. The molecule has 7 heteroatoms. The number of allylic oxidation sites excluding steroid dienone is 1. The number of aliphatic carboxylic acids is 1. The van der Waals surface area contributed by atoms with Gasteiger partial charge in [-0.2, -0.15) is 0 Å². The molecule has 1 saturated heterocycles. The summed E-state index contributed by atoms with van der Waals surface area (Å²) < 4.78 is 18.7. The smallest absolute Gasteiger partial charge is 0.495 e. The number of hydrogen-bond donors (Lipinski definition) is 1. The standard InChI is InChI=1S/C28H35BO6/c1-27(2)28(3,4)35-29(34-27)23-14-22(21(15-30)13-18(23)6-7-24(31)32)26(33-5)25-19-9-16-8-17(11-19)12-20(25)10-16/h6-7,13-17,19-20H,8-12H2,1-5H3,(H,31,32)/b7-6+,26-25?. The van der Waals surface area contributed by atoms with Gasteiger partial charge in [-0.3, -0.25) is 4.79 Å². The van der Waals surface area contributed by atoms with Crippen molar-refractivity contribution in [2.24, 2.45) is 23.7 Å². The summed E-state index contributed by atoms with van der Waals surface area (Å²) in [5.41, 5.74) is 2.74. The Labute approximate surface area is 207 Å². The molecule has 1 aliphatic heterocycles. The zero-order chi connectivity index (χ0) is 25.1. The molecular formula is C28H35BO6. The molecular weight excluding hydrogens is 443 g/mol. The maximum absolute atomic E-state index is 12.3. The summed E-state index contributed by atoms with van der Waals surface area (Å²) in [6, 6.07) is 3.65. The van der Waals surface area contributed by atoms with Crippen molar-refractivity contribution in [3.63, 3.8) is 0 Å². The number of aldehydes is 1. The minimum absolute atomic E-state index is 0.480. The Hall–Kier alpha value is -2.38. The zero-order valence-electron chi connectivity index (χ0n) is 21.3.